The van der Waals surface area contributed by atoms with Gasteiger partial charge in [-0.3, -0.25) is 4.79 Å². The number of nitrogens with zero attached hydrogens (tertiary/aromatic N) is 3. The molecule has 3 aromatic rings. The fourth-order valence-electron chi connectivity index (χ4n) is 3.86. The van der Waals surface area contributed by atoms with Crippen molar-refractivity contribution < 1.29 is 9.53 Å². The van der Waals surface area contributed by atoms with E-state index in [2.05, 4.69) is 15.3 Å². The van der Waals surface area contributed by atoms with Crippen LogP contribution >= 0.6 is 12.4 Å². The highest BCUT2D eigenvalue weighted by atomic mass is 35.5. The van der Waals surface area contributed by atoms with E-state index in [0.29, 0.717) is 17.8 Å². The maximum atomic E-state index is 13.4. The Balaban J connectivity index is 0.00000272. The Morgan fingerprint density at radius 3 is 2.45 bits per heavy atom. The van der Waals surface area contributed by atoms with Gasteiger partial charge in [-0.25, -0.2) is 9.97 Å². The molecular weight excluding hydrogens is 412 g/mol. The van der Waals surface area contributed by atoms with Gasteiger partial charge in [-0.05, 0) is 63.1 Å². The maximum Gasteiger partial charge on any atom is 0.257 e. The van der Waals surface area contributed by atoms with Gasteiger partial charge < -0.3 is 15.0 Å². The molecule has 1 amide bonds. The van der Waals surface area contributed by atoms with Crippen LogP contribution in [0.5, 0.6) is 5.75 Å². The molecule has 0 saturated carbocycles. The van der Waals surface area contributed by atoms with Crippen LogP contribution in [0.4, 0.5) is 11.4 Å². The Labute approximate surface area is 189 Å². The van der Waals surface area contributed by atoms with E-state index in [9.17, 15) is 4.79 Å². The fourth-order valence-corrected chi connectivity index (χ4v) is 3.86. The number of hydrogen-bond acceptors (Lipinski definition) is 5. The Hall–Kier alpha value is -2.86. The second kappa shape index (κ2) is 10.4. The number of anilines is 2. The van der Waals surface area contributed by atoms with Crippen LogP contribution in [0.2, 0.25) is 0 Å². The molecule has 164 valence electrons. The van der Waals surface area contributed by atoms with Crippen LogP contribution in [0.25, 0.3) is 11.0 Å². The van der Waals surface area contributed by atoms with Crippen LogP contribution in [-0.2, 0) is 0 Å². The third kappa shape index (κ3) is 5.25. The third-order valence-electron chi connectivity index (χ3n) is 5.43. The summed E-state index contributed by atoms with van der Waals surface area (Å²) in [5, 5.41) is 4.30. The number of aryl methyl sites for hydroxylation is 1. The number of likely N-dealkylation sites (tertiary alicyclic amines) is 1. The molecule has 1 aliphatic heterocycles. The van der Waals surface area contributed by atoms with Crippen molar-refractivity contribution in [2.24, 2.45) is 0 Å². The van der Waals surface area contributed by atoms with Crippen molar-refractivity contribution in [1.29, 1.82) is 0 Å². The molecule has 1 N–H and O–H groups in total. The molecule has 0 aliphatic carbocycles. The number of nitrogens with one attached hydrogen (secondary N) is 1. The second-order valence-corrected chi connectivity index (χ2v) is 7.66. The Morgan fingerprint density at radius 2 is 1.77 bits per heavy atom. The number of halogens is 1. The minimum absolute atomic E-state index is 0. The number of carbonyl (C=O) groups is 1. The summed E-state index contributed by atoms with van der Waals surface area (Å²) in [6, 6.07) is 11.7. The summed E-state index contributed by atoms with van der Waals surface area (Å²) in [6.45, 7) is 6.13. The summed E-state index contributed by atoms with van der Waals surface area (Å²) in [5.41, 5.74) is 3.76. The van der Waals surface area contributed by atoms with E-state index in [1.54, 1.807) is 6.20 Å². The molecule has 0 bridgehead atoms. The summed E-state index contributed by atoms with van der Waals surface area (Å²) in [7, 11) is 0. The molecule has 6 nitrogen and oxygen atoms in total. The van der Waals surface area contributed by atoms with E-state index in [1.807, 2.05) is 55.1 Å². The molecule has 0 unspecified atom stereocenters. The van der Waals surface area contributed by atoms with Crippen LogP contribution in [-0.4, -0.2) is 40.5 Å². The van der Waals surface area contributed by atoms with Crippen LogP contribution in [0.15, 0.2) is 42.6 Å². The topological polar surface area (TPSA) is 67.3 Å². The molecule has 4 rings (SSSR count). The zero-order valence-electron chi connectivity index (χ0n) is 18.1. The predicted octanol–water partition coefficient (Wildman–Crippen LogP) is 5.52. The lowest BCUT2D eigenvalue weighted by Gasteiger charge is -2.22. The average molecular weight is 441 g/mol. The predicted molar refractivity (Wildman–Crippen MR) is 127 cm³/mol. The zero-order chi connectivity index (χ0) is 20.9. The lowest BCUT2D eigenvalue weighted by molar-refractivity contribution is 0.0762. The number of amides is 1. The summed E-state index contributed by atoms with van der Waals surface area (Å²) < 4.78 is 5.54. The molecule has 1 aromatic carbocycles. The number of hydrogen-bond donors (Lipinski definition) is 1. The first-order valence-corrected chi connectivity index (χ1v) is 10.7. The summed E-state index contributed by atoms with van der Waals surface area (Å²) >= 11 is 0. The van der Waals surface area contributed by atoms with Crippen LogP contribution < -0.4 is 10.1 Å². The van der Waals surface area contributed by atoms with Gasteiger partial charge in [0, 0.05) is 36.1 Å². The molecule has 1 saturated heterocycles. The van der Waals surface area contributed by atoms with Crippen molar-refractivity contribution in [3.63, 3.8) is 0 Å². The Bertz CT molecular complexity index is 1030. The largest absolute Gasteiger partial charge is 0.494 e. The van der Waals surface area contributed by atoms with Gasteiger partial charge in [0.15, 0.2) is 5.65 Å². The van der Waals surface area contributed by atoms with Crippen molar-refractivity contribution in [3.8, 4) is 5.75 Å². The number of rotatable bonds is 5. The number of pyridine rings is 2. The normalized spacial score (nSPS) is 13.9. The molecule has 0 atom stereocenters. The molecule has 1 fully saturated rings. The molecular formula is C24H29ClN4O2. The van der Waals surface area contributed by atoms with Gasteiger partial charge in [-0.15, -0.1) is 12.4 Å². The van der Waals surface area contributed by atoms with E-state index < -0.39 is 0 Å². The molecule has 1 aliphatic rings. The minimum Gasteiger partial charge on any atom is -0.494 e. The van der Waals surface area contributed by atoms with E-state index in [4.69, 9.17) is 4.74 Å². The molecule has 0 spiro atoms. The van der Waals surface area contributed by atoms with Crippen LogP contribution in [0.1, 0.15) is 48.7 Å². The Kier molecular flexibility index (Phi) is 7.69. The fraction of sp³-hybridized carbons (Fsp3) is 0.375. The van der Waals surface area contributed by atoms with Crippen LogP contribution in [0.3, 0.4) is 0 Å². The van der Waals surface area contributed by atoms with E-state index in [-0.39, 0.29) is 18.3 Å². The van der Waals surface area contributed by atoms with Gasteiger partial charge in [-0.1, -0.05) is 12.8 Å². The minimum atomic E-state index is 0. The number of fused-ring (bicyclic) bond motifs is 1. The summed E-state index contributed by atoms with van der Waals surface area (Å²) in [4.78, 5) is 24.4. The van der Waals surface area contributed by atoms with E-state index in [0.717, 1.165) is 54.1 Å². The SMILES string of the molecule is CCOc1ccc(Nc2c(C(=O)N3CCCCCC3)cnc3nc(C)ccc23)cc1.Cl. The van der Waals surface area contributed by atoms with Gasteiger partial charge in [0.25, 0.3) is 5.91 Å². The van der Waals surface area contributed by atoms with Gasteiger partial charge in [0.2, 0.25) is 0 Å². The van der Waals surface area contributed by atoms with Crippen molar-refractivity contribution in [2.45, 2.75) is 39.5 Å². The number of aromatic nitrogens is 2. The quantitative estimate of drug-likeness (QED) is 0.565. The van der Waals surface area contributed by atoms with Crippen molar-refractivity contribution >= 4 is 40.7 Å². The maximum absolute atomic E-state index is 13.4. The zero-order valence-corrected chi connectivity index (χ0v) is 18.9. The number of carbonyl (C=O) groups excluding carboxylic acids is 1. The summed E-state index contributed by atoms with van der Waals surface area (Å²) in [5.74, 6) is 0.848. The number of ether oxygens (including phenoxy) is 1. The smallest absolute Gasteiger partial charge is 0.257 e. The molecule has 0 radical (unpaired) electrons. The molecule has 7 heteroatoms. The standard InChI is InChI=1S/C24H28N4O2.ClH/c1-3-30-19-11-9-18(10-12-19)27-22-20-13-8-17(2)26-23(20)25-16-21(22)24(29)28-14-6-4-5-7-15-28;/h8-13,16H,3-7,14-15H2,1-2H3,(H,25,26,27);1H. The van der Waals surface area contributed by atoms with Gasteiger partial charge in [0.1, 0.15) is 5.75 Å². The average Bonchev–Trinajstić information content (AvgIpc) is 3.04. The summed E-state index contributed by atoms with van der Waals surface area (Å²) in [6.07, 6.45) is 6.13. The van der Waals surface area contributed by atoms with E-state index in [1.165, 1.54) is 12.8 Å². The highest BCUT2D eigenvalue weighted by Crippen LogP contribution is 2.30. The van der Waals surface area contributed by atoms with Crippen molar-refractivity contribution in [3.05, 3.63) is 53.9 Å². The van der Waals surface area contributed by atoms with Crippen LogP contribution in [0, 0.1) is 6.92 Å². The first kappa shape index (κ1) is 22.8. The number of benzene rings is 1. The van der Waals surface area contributed by atoms with E-state index >= 15 is 0 Å². The molecule has 2 aromatic heterocycles. The monoisotopic (exact) mass is 440 g/mol. The third-order valence-corrected chi connectivity index (χ3v) is 5.43. The van der Waals surface area contributed by atoms with Crippen molar-refractivity contribution in [2.75, 3.05) is 25.0 Å². The lowest BCUT2D eigenvalue weighted by atomic mass is 10.1. The Morgan fingerprint density at radius 1 is 1.06 bits per heavy atom. The van der Waals surface area contributed by atoms with Gasteiger partial charge in [0.05, 0.1) is 17.9 Å². The first-order valence-electron chi connectivity index (χ1n) is 10.7. The lowest BCUT2D eigenvalue weighted by Crippen LogP contribution is -2.32. The molecule has 31 heavy (non-hydrogen) atoms. The van der Waals surface area contributed by atoms with Crippen molar-refractivity contribution in [1.82, 2.24) is 14.9 Å². The van der Waals surface area contributed by atoms with Gasteiger partial charge >= 0.3 is 0 Å². The highest BCUT2D eigenvalue weighted by Gasteiger charge is 2.22. The highest BCUT2D eigenvalue weighted by molar-refractivity contribution is 6.07. The second-order valence-electron chi connectivity index (χ2n) is 7.66. The first-order chi connectivity index (χ1) is 14.7. The molecule has 3 heterocycles. The van der Waals surface area contributed by atoms with Gasteiger partial charge in [-0.2, -0.15) is 0 Å².